The van der Waals surface area contributed by atoms with Gasteiger partial charge in [-0.05, 0) is 40.2 Å². The lowest BCUT2D eigenvalue weighted by Crippen LogP contribution is -2.56. The van der Waals surface area contributed by atoms with Gasteiger partial charge in [0.25, 0.3) is 5.91 Å². The van der Waals surface area contributed by atoms with Crippen molar-refractivity contribution in [2.45, 2.75) is 6.10 Å². The van der Waals surface area contributed by atoms with Crippen LogP contribution in [-0.4, -0.2) is 47.1 Å². The number of ether oxygens (including phenoxy) is 2. The second kappa shape index (κ2) is 6.31. The summed E-state index contributed by atoms with van der Waals surface area (Å²) in [6.45, 7) is 1.03. The molecule has 3 rings (SSSR count). The lowest BCUT2D eigenvalue weighted by molar-refractivity contribution is 0.0154. The monoisotopic (exact) mass is 363 g/mol. The molecule has 0 saturated carbocycles. The Morgan fingerprint density at radius 2 is 1.91 bits per heavy atom. The van der Waals surface area contributed by atoms with E-state index in [9.17, 15) is 4.79 Å². The number of carbonyl (C=O) groups is 1. The average molecular weight is 364 g/mol. The summed E-state index contributed by atoms with van der Waals surface area (Å²) in [5.74, 6) is 0.771. The first-order chi connectivity index (χ1) is 10.7. The summed E-state index contributed by atoms with van der Waals surface area (Å²) in [5, 5.41) is 0. The molecular formula is C15H14BrN3O3. The van der Waals surface area contributed by atoms with Gasteiger partial charge in [0.2, 0.25) is 11.8 Å². The molecule has 0 radical (unpaired) electrons. The van der Waals surface area contributed by atoms with E-state index in [2.05, 4.69) is 25.9 Å². The Morgan fingerprint density at radius 3 is 2.59 bits per heavy atom. The Bertz CT molecular complexity index is 689. The number of carbonyl (C=O) groups excluding carboxylic acids is 1. The van der Waals surface area contributed by atoms with Gasteiger partial charge in [-0.1, -0.05) is 0 Å². The molecule has 1 aliphatic heterocycles. The molecule has 114 valence electrons. The summed E-state index contributed by atoms with van der Waals surface area (Å²) in [6, 6.07) is 7.11. The highest BCUT2D eigenvalue weighted by molar-refractivity contribution is 9.10. The van der Waals surface area contributed by atoms with Crippen LogP contribution in [0.4, 0.5) is 0 Å². The van der Waals surface area contributed by atoms with Crippen LogP contribution in [-0.2, 0) is 0 Å². The van der Waals surface area contributed by atoms with E-state index >= 15 is 0 Å². The Morgan fingerprint density at radius 1 is 1.23 bits per heavy atom. The van der Waals surface area contributed by atoms with Crippen LogP contribution in [0, 0.1) is 0 Å². The van der Waals surface area contributed by atoms with Crippen LogP contribution in [0.3, 0.4) is 0 Å². The quantitative estimate of drug-likeness (QED) is 0.832. The predicted octanol–water partition coefficient (Wildman–Crippen LogP) is 2.15. The number of pyridine rings is 2. The first-order valence-electron chi connectivity index (χ1n) is 6.74. The van der Waals surface area contributed by atoms with Gasteiger partial charge in [0.1, 0.15) is 11.7 Å². The van der Waals surface area contributed by atoms with Crippen molar-refractivity contribution in [2.75, 3.05) is 20.2 Å². The molecule has 22 heavy (non-hydrogen) atoms. The van der Waals surface area contributed by atoms with Crippen LogP contribution >= 0.6 is 15.9 Å². The zero-order valence-corrected chi connectivity index (χ0v) is 13.5. The molecule has 0 N–H and O–H groups in total. The fraction of sp³-hybridized carbons (Fsp3) is 0.267. The zero-order chi connectivity index (χ0) is 15.5. The van der Waals surface area contributed by atoms with Crippen LogP contribution in [0.1, 0.15) is 10.4 Å². The SMILES string of the molecule is COc1ncccc1C(=O)N1CC(Oc2ncccc2Br)C1. The van der Waals surface area contributed by atoms with E-state index in [1.807, 2.05) is 12.1 Å². The third-order valence-electron chi connectivity index (χ3n) is 3.33. The van der Waals surface area contributed by atoms with E-state index in [0.717, 1.165) is 4.47 Å². The van der Waals surface area contributed by atoms with Gasteiger partial charge in [-0.3, -0.25) is 4.79 Å². The summed E-state index contributed by atoms with van der Waals surface area (Å²) in [6.07, 6.45) is 3.20. The highest BCUT2D eigenvalue weighted by Crippen LogP contribution is 2.26. The molecule has 0 aliphatic carbocycles. The van der Waals surface area contributed by atoms with Crippen LogP contribution in [0.5, 0.6) is 11.8 Å². The van der Waals surface area contributed by atoms with Gasteiger partial charge in [0, 0.05) is 12.4 Å². The van der Waals surface area contributed by atoms with Gasteiger partial charge in [-0.25, -0.2) is 9.97 Å². The fourth-order valence-electron chi connectivity index (χ4n) is 2.18. The van der Waals surface area contributed by atoms with Crippen molar-refractivity contribution < 1.29 is 14.3 Å². The van der Waals surface area contributed by atoms with Crippen molar-refractivity contribution in [3.63, 3.8) is 0 Å². The second-order valence-corrected chi connectivity index (χ2v) is 5.65. The van der Waals surface area contributed by atoms with Gasteiger partial charge in [-0.2, -0.15) is 0 Å². The molecular weight excluding hydrogens is 350 g/mol. The molecule has 1 saturated heterocycles. The maximum atomic E-state index is 12.4. The average Bonchev–Trinajstić information content (AvgIpc) is 2.51. The van der Waals surface area contributed by atoms with Gasteiger partial charge in [-0.15, -0.1) is 0 Å². The third kappa shape index (κ3) is 2.89. The molecule has 1 fully saturated rings. The number of amides is 1. The smallest absolute Gasteiger partial charge is 0.259 e. The zero-order valence-electron chi connectivity index (χ0n) is 11.9. The number of methoxy groups -OCH3 is 1. The van der Waals surface area contributed by atoms with E-state index < -0.39 is 0 Å². The number of halogens is 1. The summed E-state index contributed by atoms with van der Waals surface area (Å²) in [5.41, 5.74) is 0.461. The molecule has 1 aliphatic rings. The molecule has 2 aromatic heterocycles. The van der Waals surface area contributed by atoms with Gasteiger partial charge in [0.05, 0.1) is 24.7 Å². The maximum absolute atomic E-state index is 12.4. The molecule has 0 unspecified atom stereocenters. The number of aromatic nitrogens is 2. The van der Waals surface area contributed by atoms with E-state index in [4.69, 9.17) is 9.47 Å². The van der Waals surface area contributed by atoms with Gasteiger partial charge in [0.15, 0.2) is 0 Å². The number of rotatable bonds is 4. The lowest BCUT2D eigenvalue weighted by atomic mass is 10.1. The molecule has 0 aromatic carbocycles. The van der Waals surface area contributed by atoms with E-state index in [1.165, 1.54) is 7.11 Å². The van der Waals surface area contributed by atoms with E-state index in [0.29, 0.717) is 30.4 Å². The standard InChI is InChI=1S/C15H14BrN3O3/c1-21-13-11(4-2-6-17-13)15(20)19-8-10(9-19)22-14-12(16)5-3-7-18-14/h2-7,10H,8-9H2,1H3. The minimum absolute atomic E-state index is 0.0576. The molecule has 0 bridgehead atoms. The first kappa shape index (κ1) is 14.8. The summed E-state index contributed by atoms with van der Waals surface area (Å²) >= 11 is 3.38. The fourth-order valence-corrected chi connectivity index (χ4v) is 2.53. The van der Waals surface area contributed by atoms with Crippen molar-refractivity contribution in [1.29, 1.82) is 0 Å². The van der Waals surface area contributed by atoms with Crippen molar-refractivity contribution in [3.05, 3.63) is 46.7 Å². The molecule has 0 atom stereocenters. The molecule has 1 amide bonds. The summed E-state index contributed by atoms with van der Waals surface area (Å²) in [7, 11) is 1.50. The first-order valence-corrected chi connectivity index (χ1v) is 7.54. The number of hydrogen-bond donors (Lipinski definition) is 0. The topological polar surface area (TPSA) is 64.5 Å². The largest absolute Gasteiger partial charge is 0.480 e. The number of hydrogen-bond acceptors (Lipinski definition) is 5. The Hall–Kier alpha value is -2.15. The minimum atomic E-state index is -0.107. The van der Waals surface area contributed by atoms with E-state index in [-0.39, 0.29) is 12.0 Å². The molecule has 2 aromatic rings. The Labute approximate surface area is 136 Å². The Kier molecular flexibility index (Phi) is 4.24. The van der Waals surface area contributed by atoms with Crippen molar-refractivity contribution in [2.24, 2.45) is 0 Å². The van der Waals surface area contributed by atoms with Gasteiger partial charge < -0.3 is 14.4 Å². The predicted molar refractivity (Wildman–Crippen MR) is 83.0 cm³/mol. The maximum Gasteiger partial charge on any atom is 0.259 e. The van der Waals surface area contributed by atoms with Crippen LogP contribution in [0.15, 0.2) is 41.1 Å². The molecule has 6 nitrogen and oxygen atoms in total. The van der Waals surface area contributed by atoms with Crippen molar-refractivity contribution in [1.82, 2.24) is 14.9 Å². The van der Waals surface area contributed by atoms with Crippen LogP contribution in [0.25, 0.3) is 0 Å². The van der Waals surface area contributed by atoms with Crippen molar-refractivity contribution >= 4 is 21.8 Å². The van der Waals surface area contributed by atoms with Gasteiger partial charge >= 0.3 is 0 Å². The molecule has 7 heteroatoms. The van der Waals surface area contributed by atoms with E-state index in [1.54, 1.807) is 29.4 Å². The highest BCUT2D eigenvalue weighted by atomic mass is 79.9. The van der Waals surface area contributed by atoms with Crippen LogP contribution in [0.2, 0.25) is 0 Å². The van der Waals surface area contributed by atoms with Crippen molar-refractivity contribution in [3.8, 4) is 11.8 Å². The summed E-state index contributed by atoms with van der Waals surface area (Å²) < 4.78 is 11.7. The number of nitrogens with zero attached hydrogens (tertiary/aromatic N) is 3. The Balaban J connectivity index is 1.61. The van der Waals surface area contributed by atoms with Crippen LogP contribution < -0.4 is 9.47 Å². The lowest BCUT2D eigenvalue weighted by Gasteiger charge is -2.38. The highest BCUT2D eigenvalue weighted by Gasteiger charge is 2.34. The second-order valence-electron chi connectivity index (χ2n) is 4.80. The summed E-state index contributed by atoms with van der Waals surface area (Å²) in [4.78, 5) is 22.3. The molecule has 3 heterocycles. The molecule has 0 spiro atoms. The minimum Gasteiger partial charge on any atom is -0.480 e. The third-order valence-corrected chi connectivity index (χ3v) is 3.94. The normalized spacial score (nSPS) is 14.4. The number of likely N-dealkylation sites (tertiary alicyclic amines) is 1.